The molecule has 0 saturated carbocycles. The molecule has 0 aliphatic heterocycles. The van der Waals surface area contributed by atoms with Crippen molar-refractivity contribution in [3.8, 4) is 5.69 Å². The van der Waals surface area contributed by atoms with Crippen LogP contribution < -0.4 is 5.32 Å². The van der Waals surface area contributed by atoms with E-state index in [1.807, 2.05) is 20.8 Å². The Morgan fingerprint density at radius 1 is 1.18 bits per heavy atom. The maximum Gasteiger partial charge on any atom is 0.434 e. The van der Waals surface area contributed by atoms with Gasteiger partial charge < -0.3 is 5.32 Å². The number of H-pyrrole nitrogens is 1. The Morgan fingerprint density at radius 2 is 1.82 bits per heavy atom. The maximum atomic E-state index is 13.7. The second-order valence-corrected chi connectivity index (χ2v) is 7.60. The first kappa shape index (κ1) is 19.9. The van der Waals surface area contributed by atoms with E-state index in [9.17, 15) is 18.0 Å². The van der Waals surface area contributed by atoms with Crippen molar-refractivity contribution in [3.05, 3.63) is 58.5 Å². The molecule has 0 spiro atoms. The van der Waals surface area contributed by atoms with Crippen molar-refractivity contribution in [2.24, 2.45) is 0 Å². The molecule has 1 aromatic carbocycles. The number of hydrogen-bond donors (Lipinski definition) is 2. The molecular weight excluding hydrogens is 395 g/mol. The van der Waals surface area contributed by atoms with E-state index in [1.165, 1.54) is 24.3 Å². The standard InChI is InChI=1S/C18H17ClF3N5O/c1-17(2,3)13-8-14(26-25-13)24-16(28)12-9-23-27(15(12)18(20,21)22)11-6-4-10(19)5-7-11/h4-9H,1-3H3,(H2,24,25,26,28). The van der Waals surface area contributed by atoms with Gasteiger partial charge in [0.05, 0.1) is 17.4 Å². The zero-order valence-electron chi connectivity index (χ0n) is 15.2. The van der Waals surface area contributed by atoms with Gasteiger partial charge in [-0.3, -0.25) is 9.89 Å². The van der Waals surface area contributed by atoms with E-state index in [0.717, 1.165) is 11.9 Å². The molecular formula is C18H17ClF3N5O. The number of hydrogen-bond acceptors (Lipinski definition) is 3. The fourth-order valence-corrected chi connectivity index (χ4v) is 2.65. The molecule has 0 unspecified atom stereocenters. The Bertz CT molecular complexity index is 1000. The van der Waals surface area contributed by atoms with Crippen molar-refractivity contribution in [1.82, 2.24) is 20.0 Å². The van der Waals surface area contributed by atoms with Crippen LogP contribution in [-0.2, 0) is 11.6 Å². The molecule has 2 heterocycles. The molecule has 1 amide bonds. The zero-order chi connectivity index (χ0) is 20.7. The van der Waals surface area contributed by atoms with Gasteiger partial charge in [0.2, 0.25) is 0 Å². The molecule has 148 valence electrons. The molecule has 2 aromatic heterocycles. The molecule has 0 aliphatic rings. The van der Waals surface area contributed by atoms with Gasteiger partial charge in [0.15, 0.2) is 11.5 Å². The number of amides is 1. The highest BCUT2D eigenvalue weighted by molar-refractivity contribution is 6.30. The molecule has 3 rings (SSSR count). The lowest BCUT2D eigenvalue weighted by Crippen LogP contribution is -2.20. The monoisotopic (exact) mass is 411 g/mol. The second kappa shape index (κ2) is 6.97. The van der Waals surface area contributed by atoms with Crippen molar-refractivity contribution >= 4 is 23.3 Å². The van der Waals surface area contributed by atoms with Gasteiger partial charge in [-0.05, 0) is 24.3 Å². The lowest BCUT2D eigenvalue weighted by molar-refractivity contribution is -0.143. The summed E-state index contributed by atoms with van der Waals surface area (Å²) in [4.78, 5) is 12.5. The number of halogens is 4. The zero-order valence-corrected chi connectivity index (χ0v) is 16.0. The summed E-state index contributed by atoms with van der Waals surface area (Å²) in [5, 5.41) is 13.2. The minimum Gasteiger partial charge on any atom is -0.305 e. The average molecular weight is 412 g/mol. The number of nitrogens with zero attached hydrogens (tertiary/aromatic N) is 3. The molecule has 0 saturated heterocycles. The highest BCUT2D eigenvalue weighted by atomic mass is 35.5. The fourth-order valence-electron chi connectivity index (χ4n) is 2.52. The lowest BCUT2D eigenvalue weighted by atomic mass is 9.92. The number of aromatic nitrogens is 4. The van der Waals surface area contributed by atoms with E-state index in [2.05, 4.69) is 20.6 Å². The summed E-state index contributed by atoms with van der Waals surface area (Å²) in [6, 6.07) is 7.23. The third kappa shape index (κ3) is 4.04. The SMILES string of the molecule is CC(C)(C)c1cc(NC(=O)c2cnn(-c3ccc(Cl)cc3)c2C(F)(F)F)n[nH]1. The number of carbonyl (C=O) groups excluding carboxylic acids is 1. The highest BCUT2D eigenvalue weighted by Crippen LogP contribution is 2.34. The quantitative estimate of drug-likeness (QED) is 0.649. The summed E-state index contributed by atoms with van der Waals surface area (Å²) in [5.74, 6) is -0.832. The molecule has 2 N–H and O–H groups in total. The first-order valence-electron chi connectivity index (χ1n) is 8.25. The van der Waals surface area contributed by atoms with E-state index in [1.54, 1.807) is 6.07 Å². The van der Waals surface area contributed by atoms with E-state index < -0.39 is 23.3 Å². The van der Waals surface area contributed by atoms with Crippen molar-refractivity contribution in [2.45, 2.75) is 32.4 Å². The fraction of sp³-hybridized carbons (Fsp3) is 0.278. The Morgan fingerprint density at radius 3 is 2.36 bits per heavy atom. The van der Waals surface area contributed by atoms with Gasteiger partial charge in [0.25, 0.3) is 5.91 Å². The molecule has 0 radical (unpaired) electrons. The molecule has 3 aromatic rings. The van der Waals surface area contributed by atoms with Crippen LogP contribution in [0.25, 0.3) is 5.69 Å². The summed E-state index contributed by atoms with van der Waals surface area (Å²) in [6.45, 7) is 5.80. The van der Waals surface area contributed by atoms with Crippen LogP contribution in [0.15, 0.2) is 36.5 Å². The van der Waals surface area contributed by atoms with Crippen molar-refractivity contribution < 1.29 is 18.0 Å². The van der Waals surface area contributed by atoms with Crippen molar-refractivity contribution in [2.75, 3.05) is 5.32 Å². The van der Waals surface area contributed by atoms with Crippen LogP contribution in [0.4, 0.5) is 19.0 Å². The van der Waals surface area contributed by atoms with Crippen molar-refractivity contribution in [3.63, 3.8) is 0 Å². The van der Waals surface area contributed by atoms with Gasteiger partial charge in [0, 0.05) is 22.2 Å². The van der Waals surface area contributed by atoms with E-state index in [-0.39, 0.29) is 16.9 Å². The van der Waals surface area contributed by atoms with Crippen LogP contribution in [-0.4, -0.2) is 25.9 Å². The number of anilines is 1. The average Bonchev–Trinajstić information content (AvgIpc) is 3.21. The number of carbonyl (C=O) groups is 1. The Hall–Kier alpha value is -2.81. The van der Waals surface area contributed by atoms with Gasteiger partial charge in [-0.2, -0.15) is 23.4 Å². The van der Waals surface area contributed by atoms with Gasteiger partial charge in [-0.25, -0.2) is 4.68 Å². The molecule has 0 atom stereocenters. The number of aromatic amines is 1. The van der Waals surface area contributed by atoms with Gasteiger partial charge >= 0.3 is 6.18 Å². The summed E-state index contributed by atoms with van der Waals surface area (Å²) < 4.78 is 41.7. The van der Waals surface area contributed by atoms with Crippen LogP contribution in [0.1, 0.15) is 42.5 Å². The summed E-state index contributed by atoms with van der Waals surface area (Å²) >= 11 is 5.78. The maximum absolute atomic E-state index is 13.7. The van der Waals surface area contributed by atoms with Crippen LogP contribution in [0.2, 0.25) is 5.02 Å². The Labute approximate surface area is 163 Å². The first-order chi connectivity index (χ1) is 13.0. The van der Waals surface area contributed by atoms with Gasteiger partial charge in [-0.15, -0.1) is 0 Å². The number of rotatable bonds is 3. The largest absolute Gasteiger partial charge is 0.434 e. The van der Waals surface area contributed by atoms with Crippen LogP contribution in [0.5, 0.6) is 0 Å². The summed E-state index contributed by atoms with van der Waals surface area (Å²) in [5.41, 5.74) is -1.19. The van der Waals surface area contributed by atoms with Gasteiger partial charge in [-0.1, -0.05) is 32.4 Å². The number of alkyl halides is 3. The summed E-state index contributed by atoms with van der Waals surface area (Å²) in [6.07, 6.45) is -3.92. The number of nitrogens with one attached hydrogen (secondary N) is 2. The predicted octanol–water partition coefficient (Wildman–Crippen LogP) is 4.82. The normalized spacial score (nSPS) is 12.2. The number of benzene rings is 1. The second-order valence-electron chi connectivity index (χ2n) is 7.16. The van der Waals surface area contributed by atoms with Crippen LogP contribution in [0, 0.1) is 0 Å². The molecule has 6 nitrogen and oxygen atoms in total. The predicted molar refractivity (Wildman–Crippen MR) is 98.8 cm³/mol. The van der Waals surface area contributed by atoms with E-state index in [0.29, 0.717) is 9.70 Å². The molecule has 10 heteroatoms. The smallest absolute Gasteiger partial charge is 0.305 e. The summed E-state index contributed by atoms with van der Waals surface area (Å²) in [7, 11) is 0. The van der Waals surface area contributed by atoms with Crippen LogP contribution in [0.3, 0.4) is 0 Å². The lowest BCUT2D eigenvalue weighted by Gasteiger charge is -2.14. The molecule has 0 aliphatic carbocycles. The third-order valence-corrected chi connectivity index (χ3v) is 4.23. The van der Waals surface area contributed by atoms with Crippen molar-refractivity contribution in [1.29, 1.82) is 0 Å². The minimum atomic E-state index is -4.80. The Kier molecular flexibility index (Phi) is 4.97. The minimum absolute atomic E-state index is 0.127. The highest BCUT2D eigenvalue weighted by Gasteiger charge is 2.40. The first-order valence-corrected chi connectivity index (χ1v) is 8.63. The van der Waals surface area contributed by atoms with E-state index >= 15 is 0 Å². The molecule has 0 bridgehead atoms. The topological polar surface area (TPSA) is 75.6 Å². The molecule has 0 fully saturated rings. The third-order valence-electron chi connectivity index (χ3n) is 3.98. The Balaban J connectivity index is 1.96. The van der Waals surface area contributed by atoms with Gasteiger partial charge in [0.1, 0.15) is 0 Å². The van der Waals surface area contributed by atoms with Crippen LogP contribution >= 0.6 is 11.6 Å². The van der Waals surface area contributed by atoms with E-state index in [4.69, 9.17) is 11.6 Å². The molecule has 28 heavy (non-hydrogen) atoms.